The van der Waals surface area contributed by atoms with Crippen molar-refractivity contribution in [3.05, 3.63) is 90.0 Å². The van der Waals surface area contributed by atoms with Crippen molar-refractivity contribution in [3.8, 4) is 0 Å². The number of aromatic amines is 1. The molecule has 19 heteroatoms. The molecule has 0 spiro atoms. The van der Waals surface area contributed by atoms with Crippen LogP contribution in [0.4, 0.5) is 0 Å². The molecule has 3 rings (SSSR count). The van der Waals surface area contributed by atoms with Crippen LogP contribution in [0.25, 0.3) is 0 Å². The third-order valence-electron chi connectivity index (χ3n) is 8.00. The Kier molecular flexibility index (Phi) is 20.2. The number of amides is 4. The summed E-state index contributed by atoms with van der Waals surface area (Å²) in [5.41, 5.74) is 13.3. The van der Waals surface area contributed by atoms with Crippen LogP contribution in [0.2, 0.25) is 0 Å². The highest BCUT2D eigenvalue weighted by Gasteiger charge is 2.32. The van der Waals surface area contributed by atoms with Gasteiger partial charge in [-0.1, -0.05) is 60.7 Å². The van der Waals surface area contributed by atoms with Gasteiger partial charge in [0, 0.05) is 31.9 Å². The fourth-order valence-electron chi connectivity index (χ4n) is 5.20. The molecule has 0 saturated carbocycles. The molecule has 11 N–H and O–H groups in total. The van der Waals surface area contributed by atoms with Gasteiger partial charge in [-0.2, -0.15) is 0 Å². The molecule has 0 fully saturated rings. The van der Waals surface area contributed by atoms with Crippen molar-refractivity contribution < 1.29 is 47.4 Å². The van der Waals surface area contributed by atoms with E-state index in [-0.39, 0.29) is 38.5 Å². The summed E-state index contributed by atoms with van der Waals surface area (Å²) in [4.78, 5) is 84.1. The Morgan fingerprint density at radius 2 is 1.17 bits per heavy atom. The Balaban J connectivity index is 0.00000325. The van der Waals surface area contributed by atoms with E-state index < -0.39 is 77.3 Å². The van der Waals surface area contributed by atoms with Gasteiger partial charge in [0.25, 0.3) is 0 Å². The molecule has 3 aromatic rings. The number of rotatable bonds is 22. The first-order valence-electron chi connectivity index (χ1n) is 17.0. The monoisotopic (exact) mass is 772 g/mol. The summed E-state index contributed by atoms with van der Waals surface area (Å²) < 4.78 is 16.8. The summed E-state index contributed by atoms with van der Waals surface area (Å²) in [6, 6.07) is 11.4. The zero-order valence-corrected chi connectivity index (χ0v) is 30.4. The SMILES string of the molecule is NCCCC[C@@H](NC(=O)[C@H](Cc1ccccc1)NC(=O)[C@H](Cc1c[nH]cn1)NC(=O)[C@@H](N)CCC(=O)O)C(=O)N[C@@H](Cc1ccccc1)C(=O)O.O=[SH2]=O. The molecule has 5 atom stereocenters. The maximum Gasteiger partial charge on any atom is 0.326 e. The fraction of sp³-hybridized carbons (Fsp3) is 0.400. The molecule has 18 nitrogen and oxygen atoms in total. The van der Waals surface area contributed by atoms with E-state index in [0.29, 0.717) is 36.2 Å². The van der Waals surface area contributed by atoms with Crippen molar-refractivity contribution in [1.82, 2.24) is 31.2 Å². The molecule has 4 amide bonds. The number of imidazole rings is 1. The van der Waals surface area contributed by atoms with Gasteiger partial charge < -0.3 is 47.9 Å². The standard InChI is InChI=1S/C35H46N8O8.H2O2S/c36-16-8-7-13-26(32(47)43-29(35(50)51)18-23-11-5-2-6-12-23)40-33(48)27(17-22-9-3-1-4-10-22)42-34(49)28(19-24-20-38-21-39-24)41-31(46)25(37)14-15-30(44)45;1-3-2/h1-6,9-12,20-21,25-29H,7-8,13-19,36-37H2,(H,38,39)(H,40,48)(H,41,46)(H,42,49)(H,43,47)(H,44,45)(H,50,51);3H2/t25-,26+,27-,28-,29-;/m0./s1. The molecule has 0 bridgehead atoms. The zero-order chi connectivity index (χ0) is 39.9. The Morgan fingerprint density at radius 3 is 1.67 bits per heavy atom. The summed E-state index contributed by atoms with van der Waals surface area (Å²) in [5, 5.41) is 29.3. The third kappa shape index (κ3) is 16.8. The molecule has 1 aromatic heterocycles. The van der Waals surface area contributed by atoms with Crippen molar-refractivity contribution in [2.24, 2.45) is 11.5 Å². The van der Waals surface area contributed by atoms with Crippen LogP contribution in [-0.2, 0) is 59.6 Å². The van der Waals surface area contributed by atoms with Crippen LogP contribution in [0.3, 0.4) is 0 Å². The van der Waals surface area contributed by atoms with Gasteiger partial charge >= 0.3 is 11.9 Å². The maximum atomic E-state index is 13.9. The van der Waals surface area contributed by atoms with Crippen LogP contribution < -0.4 is 32.7 Å². The number of carbonyl (C=O) groups is 6. The zero-order valence-electron chi connectivity index (χ0n) is 29.4. The highest BCUT2D eigenvalue weighted by molar-refractivity contribution is 7.51. The molecule has 2 aromatic carbocycles. The second kappa shape index (κ2) is 24.6. The molecule has 0 unspecified atom stereocenters. The van der Waals surface area contributed by atoms with E-state index >= 15 is 0 Å². The van der Waals surface area contributed by atoms with Crippen molar-refractivity contribution >= 4 is 47.1 Å². The largest absolute Gasteiger partial charge is 0.481 e. The van der Waals surface area contributed by atoms with E-state index in [1.807, 2.05) is 0 Å². The number of hydrogen-bond donors (Lipinski definition) is 9. The summed E-state index contributed by atoms with van der Waals surface area (Å²) >= 11 is -1.42. The minimum Gasteiger partial charge on any atom is -0.481 e. The topological polar surface area (TPSA) is 306 Å². The Bertz CT molecular complexity index is 1680. The normalized spacial score (nSPS) is 13.4. The van der Waals surface area contributed by atoms with E-state index in [1.165, 1.54) is 12.5 Å². The van der Waals surface area contributed by atoms with E-state index in [4.69, 9.17) is 25.0 Å². The van der Waals surface area contributed by atoms with Gasteiger partial charge in [0.2, 0.25) is 23.6 Å². The Hall–Kier alpha value is -5.66. The number of carbonyl (C=O) groups excluding carboxylic acids is 4. The van der Waals surface area contributed by atoms with E-state index in [1.54, 1.807) is 60.7 Å². The molecule has 54 heavy (non-hydrogen) atoms. The second-order valence-electron chi connectivity index (χ2n) is 12.1. The minimum absolute atomic E-state index is 0.00249. The smallest absolute Gasteiger partial charge is 0.326 e. The van der Waals surface area contributed by atoms with Crippen LogP contribution in [0, 0.1) is 0 Å². The number of aliphatic carboxylic acids is 2. The number of nitrogens with one attached hydrogen (secondary N) is 5. The average molecular weight is 773 g/mol. The molecular weight excluding hydrogens is 724 g/mol. The van der Waals surface area contributed by atoms with Crippen molar-refractivity contribution in [2.45, 2.75) is 81.6 Å². The number of unbranched alkanes of at least 4 members (excludes halogenated alkanes) is 1. The first kappa shape index (κ1) is 44.5. The van der Waals surface area contributed by atoms with Gasteiger partial charge in [-0.3, -0.25) is 24.0 Å². The summed E-state index contributed by atoms with van der Waals surface area (Å²) in [7, 11) is 0. The number of carboxylic acids is 2. The highest BCUT2D eigenvalue weighted by Crippen LogP contribution is 2.10. The van der Waals surface area contributed by atoms with E-state index in [9.17, 15) is 33.9 Å². The van der Waals surface area contributed by atoms with Gasteiger partial charge in [0.05, 0.1) is 18.1 Å². The summed E-state index contributed by atoms with van der Waals surface area (Å²) in [5.74, 6) is -5.35. The predicted molar refractivity (Wildman–Crippen MR) is 197 cm³/mol. The number of H-pyrrole nitrogens is 1. The molecule has 0 aliphatic rings. The van der Waals surface area contributed by atoms with Gasteiger partial charge in [-0.25, -0.2) is 18.2 Å². The Morgan fingerprint density at radius 1 is 0.685 bits per heavy atom. The summed E-state index contributed by atoms with van der Waals surface area (Å²) in [6.45, 7) is 0.337. The first-order valence-corrected chi connectivity index (χ1v) is 17.9. The van der Waals surface area contributed by atoms with Crippen LogP contribution >= 0.6 is 0 Å². The van der Waals surface area contributed by atoms with Crippen LogP contribution in [0.1, 0.15) is 48.9 Å². The van der Waals surface area contributed by atoms with Crippen LogP contribution in [0.5, 0.6) is 0 Å². The highest BCUT2D eigenvalue weighted by atomic mass is 32.1. The lowest BCUT2D eigenvalue weighted by Crippen LogP contribution is -2.59. The average Bonchev–Trinajstić information content (AvgIpc) is 3.67. The van der Waals surface area contributed by atoms with Crippen molar-refractivity contribution in [3.63, 3.8) is 0 Å². The lowest BCUT2D eigenvalue weighted by atomic mass is 10.0. The fourth-order valence-corrected chi connectivity index (χ4v) is 5.20. The van der Waals surface area contributed by atoms with Crippen molar-refractivity contribution in [2.75, 3.05) is 6.54 Å². The molecule has 294 valence electrons. The lowest BCUT2D eigenvalue weighted by Gasteiger charge is -2.26. The third-order valence-corrected chi connectivity index (χ3v) is 8.00. The quantitative estimate of drug-likeness (QED) is 0.0531. The Labute approximate surface area is 314 Å². The molecule has 0 aliphatic heterocycles. The number of benzene rings is 2. The van der Waals surface area contributed by atoms with Gasteiger partial charge in [0.15, 0.2) is 0 Å². The predicted octanol–water partition coefficient (Wildman–Crippen LogP) is -1.42. The molecule has 0 aliphatic carbocycles. The van der Waals surface area contributed by atoms with Gasteiger partial charge in [-0.15, -0.1) is 0 Å². The number of nitrogens with two attached hydrogens (primary N) is 2. The molecule has 1 heterocycles. The number of carboxylic acid groups (broad SMARTS) is 2. The molecule has 0 radical (unpaired) electrons. The minimum atomic E-state index is -1.42. The van der Waals surface area contributed by atoms with E-state index in [2.05, 4.69) is 31.2 Å². The van der Waals surface area contributed by atoms with Crippen LogP contribution in [-0.4, -0.2) is 101 Å². The number of aromatic nitrogens is 2. The van der Waals surface area contributed by atoms with Crippen LogP contribution in [0.15, 0.2) is 73.2 Å². The second-order valence-corrected chi connectivity index (χ2v) is 12.3. The van der Waals surface area contributed by atoms with Gasteiger partial charge in [-0.05, 0) is 43.4 Å². The number of hydrogen-bond acceptors (Lipinski definition) is 11. The maximum absolute atomic E-state index is 13.9. The van der Waals surface area contributed by atoms with Gasteiger partial charge in [0.1, 0.15) is 35.7 Å². The van der Waals surface area contributed by atoms with E-state index in [0.717, 1.165) is 0 Å². The first-order chi connectivity index (χ1) is 25.9. The lowest BCUT2D eigenvalue weighted by molar-refractivity contribution is -0.142. The number of nitrogens with zero attached hydrogens (tertiary/aromatic N) is 1. The van der Waals surface area contributed by atoms with Crippen molar-refractivity contribution in [1.29, 1.82) is 0 Å². The molecule has 0 saturated heterocycles. The molecular formula is C35H48N8O10S. The summed E-state index contributed by atoms with van der Waals surface area (Å²) in [6.07, 6.45) is 3.45.